The smallest absolute Gasteiger partial charge is 0.225 e. The molecule has 1 amide bonds. The molecule has 1 aliphatic rings. The van der Waals surface area contributed by atoms with Crippen molar-refractivity contribution in [3.8, 4) is 0 Å². The fraction of sp³-hybridized carbons (Fsp3) is 0.818. The average molecular weight is 228 g/mol. The van der Waals surface area contributed by atoms with Crippen molar-refractivity contribution in [3.05, 3.63) is 0 Å². The fourth-order valence-electron chi connectivity index (χ4n) is 2.08. The molecule has 0 aliphatic heterocycles. The summed E-state index contributed by atoms with van der Waals surface area (Å²) in [4.78, 5) is 14.2. The van der Waals surface area contributed by atoms with E-state index in [4.69, 9.17) is 18.0 Å². The molecule has 1 rings (SSSR count). The number of thiocarbonyl (C=S) groups is 1. The molecule has 86 valence electrons. The van der Waals surface area contributed by atoms with Crippen molar-refractivity contribution in [3.63, 3.8) is 0 Å². The van der Waals surface area contributed by atoms with Gasteiger partial charge in [-0.05, 0) is 12.8 Å². The summed E-state index contributed by atoms with van der Waals surface area (Å²) in [7, 11) is 1.84. The fourth-order valence-corrected chi connectivity index (χ4v) is 2.15. The number of carbonyl (C=O) groups excluding carboxylic acids is 1. The van der Waals surface area contributed by atoms with Crippen LogP contribution < -0.4 is 5.73 Å². The summed E-state index contributed by atoms with van der Waals surface area (Å²) < 4.78 is 0. The Labute approximate surface area is 97.0 Å². The van der Waals surface area contributed by atoms with Gasteiger partial charge in [0.05, 0.1) is 4.99 Å². The van der Waals surface area contributed by atoms with Gasteiger partial charge >= 0.3 is 0 Å². The summed E-state index contributed by atoms with van der Waals surface area (Å²) in [5.41, 5.74) is 5.53. The summed E-state index contributed by atoms with van der Waals surface area (Å²) in [6.45, 7) is 2.60. The topological polar surface area (TPSA) is 46.3 Å². The largest absolute Gasteiger partial charge is 0.393 e. The van der Waals surface area contributed by atoms with E-state index in [1.807, 2.05) is 14.0 Å². The quantitative estimate of drug-likeness (QED) is 0.743. The van der Waals surface area contributed by atoms with E-state index in [1.165, 1.54) is 12.8 Å². The van der Waals surface area contributed by atoms with Crippen molar-refractivity contribution < 1.29 is 4.79 Å². The molecule has 0 radical (unpaired) electrons. The van der Waals surface area contributed by atoms with E-state index in [0.717, 1.165) is 12.8 Å². The molecule has 1 unspecified atom stereocenters. The minimum Gasteiger partial charge on any atom is -0.393 e. The highest BCUT2D eigenvalue weighted by molar-refractivity contribution is 7.80. The lowest BCUT2D eigenvalue weighted by Gasteiger charge is -2.23. The maximum Gasteiger partial charge on any atom is 0.225 e. The van der Waals surface area contributed by atoms with Gasteiger partial charge in [0.25, 0.3) is 0 Å². The molecule has 3 nitrogen and oxygen atoms in total. The van der Waals surface area contributed by atoms with E-state index in [2.05, 4.69) is 0 Å². The monoisotopic (exact) mass is 228 g/mol. The first-order valence-electron chi connectivity index (χ1n) is 5.56. The van der Waals surface area contributed by atoms with Crippen molar-refractivity contribution in [2.24, 2.45) is 17.6 Å². The molecule has 0 heterocycles. The predicted molar refractivity (Wildman–Crippen MR) is 65.5 cm³/mol. The predicted octanol–water partition coefficient (Wildman–Crippen LogP) is 1.56. The zero-order chi connectivity index (χ0) is 11.4. The lowest BCUT2D eigenvalue weighted by Crippen LogP contribution is -2.38. The average Bonchev–Trinajstić information content (AvgIpc) is 2.68. The van der Waals surface area contributed by atoms with Crippen LogP contribution in [0.4, 0.5) is 0 Å². The van der Waals surface area contributed by atoms with E-state index in [0.29, 0.717) is 11.5 Å². The Kier molecular flexibility index (Phi) is 4.51. The maximum absolute atomic E-state index is 11.9. The molecular formula is C11H20N2OS. The van der Waals surface area contributed by atoms with Crippen LogP contribution in [0.25, 0.3) is 0 Å². The summed E-state index contributed by atoms with van der Waals surface area (Å²) in [5, 5.41) is 0. The highest BCUT2D eigenvalue weighted by Crippen LogP contribution is 2.26. The van der Waals surface area contributed by atoms with Gasteiger partial charge in [-0.1, -0.05) is 32.0 Å². The second-order valence-corrected chi connectivity index (χ2v) is 4.97. The van der Waals surface area contributed by atoms with Gasteiger partial charge in [0.2, 0.25) is 5.91 Å². The SMILES string of the molecule is CC(CN(C)C(=O)C1CCCC1)C(N)=S. The molecule has 0 spiro atoms. The van der Waals surface area contributed by atoms with Gasteiger partial charge < -0.3 is 10.6 Å². The lowest BCUT2D eigenvalue weighted by molar-refractivity contribution is -0.134. The first kappa shape index (κ1) is 12.4. The van der Waals surface area contributed by atoms with Gasteiger partial charge in [-0.15, -0.1) is 0 Å². The zero-order valence-electron chi connectivity index (χ0n) is 9.53. The molecule has 0 aromatic carbocycles. The van der Waals surface area contributed by atoms with Crippen molar-refractivity contribution in [1.29, 1.82) is 0 Å². The number of hydrogen-bond donors (Lipinski definition) is 1. The number of nitrogens with zero attached hydrogens (tertiary/aromatic N) is 1. The van der Waals surface area contributed by atoms with E-state index >= 15 is 0 Å². The van der Waals surface area contributed by atoms with Gasteiger partial charge in [-0.25, -0.2) is 0 Å². The van der Waals surface area contributed by atoms with Crippen LogP contribution in [0.5, 0.6) is 0 Å². The van der Waals surface area contributed by atoms with Crippen LogP contribution in [0.2, 0.25) is 0 Å². The van der Waals surface area contributed by atoms with Gasteiger partial charge in [0.15, 0.2) is 0 Å². The Bertz CT molecular complexity index is 249. The van der Waals surface area contributed by atoms with Crippen LogP contribution in [-0.2, 0) is 4.79 Å². The maximum atomic E-state index is 11.9. The van der Waals surface area contributed by atoms with Crippen molar-refractivity contribution in [1.82, 2.24) is 4.90 Å². The van der Waals surface area contributed by atoms with Crippen LogP contribution >= 0.6 is 12.2 Å². The third-order valence-corrected chi connectivity index (χ3v) is 3.52. The van der Waals surface area contributed by atoms with Gasteiger partial charge in [-0.3, -0.25) is 4.79 Å². The molecular weight excluding hydrogens is 208 g/mol. The normalized spacial score (nSPS) is 18.8. The lowest BCUT2D eigenvalue weighted by atomic mass is 10.1. The molecule has 1 fully saturated rings. The Balaban J connectivity index is 2.41. The van der Waals surface area contributed by atoms with E-state index in [9.17, 15) is 4.79 Å². The molecule has 15 heavy (non-hydrogen) atoms. The molecule has 2 N–H and O–H groups in total. The number of nitrogens with two attached hydrogens (primary N) is 1. The molecule has 0 aromatic heterocycles. The van der Waals surface area contributed by atoms with Crippen LogP contribution in [-0.4, -0.2) is 29.4 Å². The third kappa shape index (κ3) is 3.45. The summed E-state index contributed by atoms with van der Waals surface area (Å²) in [6.07, 6.45) is 4.47. The van der Waals surface area contributed by atoms with E-state index in [1.54, 1.807) is 4.90 Å². The Morgan fingerprint density at radius 3 is 2.53 bits per heavy atom. The first-order valence-corrected chi connectivity index (χ1v) is 5.97. The van der Waals surface area contributed by atoms with Crippen LogP contribution in [0, 0.1) is 11.8 Å². The number of amides is 1. The molecule has 0 aromatic rings. The van der Waals surface area contributed by atoms with Crippen LogP contribution in [0.3, 0.4) is 0 Å². The third-order valence-electron chi connectivity index (χ3n) is 3.11. The Morgan fingerprint density at radius 2 is 2.07 bits per heavy atom. The van der Waals surface area contributed by atoms with Crippen LogP contribution in [0.15, 0.2) is 0 Å². The Morgan fingerprint density at radius 1 is 1.53 bits per heavy atom. The molecule has 0 bridgehead atoms. The first-order chi connectivity index (χ1) is 7.02. The molecule has 1 atom stereocenters. The second-order valence-electron chi connectivity index (χ2n) is 4.50. The standard InChI is InChI=1S/C11H20N2OS/c1-8(10(12)15)7-13(2)11(14)9-5-3-4-6-9/h8-9H,3-7H2,1-2H3,(H2,12,15). The molecule has 0 saturated heterocycles. The molecule has 1 aliphatic carbocycles. The van der Waals surface area contributed by atoms with Crippen molar-refractivity contribution in [2.45, 2.75) is 32.6 Å². The number of hydrogen-bond acceptors (Lipinski definition) is 2. The van der Waals surface area contributed by atoms with Crippen LogP contribution in [0.1, 0.15) is 32.6 Å². The molecule has 4 heteroatoms. The summed E-state index contributed by atoms with van der Waals surface area (Å²) in [6, 6.07) is 0. The summed E-state index contributed by atoms with van der Waals surface area (Å²) >= 11 is 4.90. The van der Waals surface area contributed by atoms with Gasteiger partial charge in [0, 0.05) is 25.4 Å². The van der Waals surface area contributed by atoms with Gasteiger partial charge in [0.1, 0.15) is 0 Å². The molecule has 1 saturated carbocycles. The van der Waals surface area contributed by atoms with Crippen molar-refractivity contribution in [2.75, 3.05) is 13.6 Å². The second kappa shape index (κ2) is 5.45. The minimum absolute atomic E-state index is 0.107. The zero-order valence-corrected chi connectivity index (χ0v) is 10.3. The summed E-state index contributed by atoms with van der Waals surface area (Å²) in [5.74, 6) is 0.611. The van der Waals surface area contributed by atoms with Crippen molar-refractivity contribution >= 4 is 23.1 Å². The highest BCUT2D eigenvalue weighted by Gasteiger charge is 2.26. The number of carbonyl (C=O) groups is 1. The van der Waals surface area contributed by atoms with E-state index < -0.39 is 0 Å². The van der Waals surface area contributed by atoms with E-state index in [-0.39, 0.29) is 17.7 Å². The Hall–Kier alpha value is -0.640. The minimum atomic E-state index is 0.107. The highest BCUT2D eigenvalue weighted by atomic mass is 32.1. The number of rotatable bonds is 4. The van der Waals surface area contributed by atoms with Gasteiger partial charge in [-0.2, -0.15) is 0 Å².